The Hall–Kier alpha value is -3.15. The maximum absolute atomic E-state index is 12.6. The summed E-state index contributed by atoms with van der Waals surface area (Å²) in [5.74, 6) is 0.398. The normalized spacial score (nSPS) is 10.6. The molecule has 0 spiro atoms. The molecule has 0 aliphatic heterocycles. The zero-order valence-electron chi connectivity index (χ0n) is 14.2. The first-order valence-electron chi connectivity index (χ1n) is 8.01. The highest BCUT2D eigenvalue weighted by Crippen LogP contribution is 2.14. The second kappa shape index (κ2) is 7.17. The fraction of sp³-hybridized carbons (Fsp3) is 0.211. The summed E-state index contributed by atoms with van der Waals surface area (Å²) in [6.07, 6.45) is 0. The van der Waals surface area contributed by atoms with Crippen LogP contribution < -0.4 is 15.6 Å². The Morgan fingerprint density at radius 1 is 1.12 bits per heavy atom. The topological polar surface area (TPSA) is 73.2 Å². The van der Waals surface area contributed by atoms with Crippen LogP contribution in [-0.4, -0.2) is 29.3 Å². The molecule has 0 saturated heterocycles. The number of aromatic nitrogens is 2. The standard InChI is InChI=1S/C19H19N3O3/c1-13-7-9-14(10-8-13)25-12-11-22-19(24)16-6-4-3-5-15(16)17(21-22)18(23)20-2/h3-10H,11-12H2,1-2H3,(H,20,23). The van der Waals surface area contributed by atoms with E-state index in [-0.39, 0.29) is 30.3 Å². The second-order valence-corrected chi connectivity index (χ2v) is 5.66. The van der Waals surface area contributed by atoms with Crippen LogP contribution in [0.2, 0.25) is 0 Å². The van der Waals surface area contributed by atoms with Crippen molar-refractivity contribution in [1.82, 2.24) is 15.1 Å². The predicted octanol–water partition coefficient (Wildman–Crippen LogP) is 2.14. The van der Waals surface area contributed by atoms with Crippen molar-refractivity contribution < 1.29 is 9.53 Å². The third-order valence-corrected chi connectivity index (χ3v) is 3.90. The van der Waals surface area contributed by atoms with Gasteiger partial charge in [0, 0.05) is 12.4 Å². The number of nitrogens with zero attached hydrogens (tertiary/aromatic N) is 2. The first kappa shape index (κ1) is 16.7. The van der Waals surface area contributed by atoms with E-state index in [2.05, 4.69) is 10.4 Å². The monoisotopic (exact) mass is 337 g/mol. The minimum Gasteiger partial charge on any atom is -0.492 e. The number of benzene rings is 2. The Balaban J connectivity index is 1.88. The lowest BCUT2D eigenvalue weighted by atomic mass is 10.1. The van der Waals surface area contributed by atoms with Gasteiger partial charge in [0.2, 0.25) is 0 Å². The largest absolute Gasteiger partial charge is 0.492 e. The van der Waals surface area contributed by atoms with Gasteiger partial charge >= 0.3 is 0 Å². The summed E-state index contributed by atoms with van der Waals surface area (Å²) in [4.78, 5) is 24.7. The fourth-order valence-electron chi connectivity index (χ4n) is 2.56. The van der Waals surface area contributed by atoms with Crippen molar-refractivity contribution in [3.63, 3.8) is 0 Å². The summed E-state index contributed by atoms with van der Waals surface area (Å²) in [5, 5.41) is 7.80. The van der Waals surface area contributed by atoms with Crippen molar-refractivity contribution in [2.75, 3.05) is 13.7 Å². The molecule has 1 aromatic heterocycles. The number of rotatable bonds is 5. The summed E-state index contributed by atoms with van der Waals surface area (Å²) in [7, 11) is 1.54. The van der Waals surface area contributed by atoms with E-state index in [4.69, 9.17) is 4.74 Å². The van der Waals surface area contributed by atoms with E-state index in [1.165, 1.54) is 11.7 Å². The van der Waals surface area contributed by atoms with Crippen LogP contribution in [0.5, 0.6) is 5.75 Å². The number of hydrogen-bond acceptors (Lipinski definition) is 4. The molecule has 0 unspecified atom stereocenters. The van der Waals surface area contributed by atoms with Crippen molar-refractivity contribution in [3.05, 3.63) is 70.1 Å². The van der Waals surface area contributed by atoms with Crippen molar-refractivity contribution in [1.29, 1.82) is 0 Å². The van der Waals surface area contributed by atoms with E-state index < -0.39 is 0 Å². The molecule has 0 fully saturated rings. The maximum Gasteiger partial charge on any atom is 0.274 e. The number of nitrogens with one attached hydrogen (secondary N) is 1. The molecule has 0 radical (unpaired) electrons. The summed E-state index contributed by atoms with van der Waals surface area (Å²) in [5.41, 5.74) is 1.14. The highest BCUT2D eigenvalue weighted by atomic mass is 16.5. The summed E-state index contributed by atoms with van der Waals surface area (Å²) < 4.78 is 6.94. The van der Waals surface area contributed by atoms with Gasteiger partial charge in [0.1, 0.15) is 12.4 Å². The quantitative estimate of drug-likeness (QED) is 0.774. The minimum atomic E-state index is -0.329. The molecule has 0 aliphatic rings. The minimum absolute atomic E-state index is 0.230. The van der Waals surface area contributed by atoms with Crippen molar-refractivity contribution in [2.45, 2.75) is 13.5 Å². The van der Waals surface area contributed by atoms with Gasteiger partial charge in [-0.3, -0.25) is 9.59 Å². The molecule has 1 amide bonds. The van der Waals surface area contributed by atoms with Crippen molar-refractivity contribution in [3.8, 4) is 5.75 Å². The molecule has 0 aliphatic carbocycles. The molecule has 0 bridgehead atoms. The van der Waals surface area contributed by atoms with Crippen LogP contribution in [0.15, 0.2) is 53.3 Å². The highest BCUT2D eigenvalue weighted by molar-refractivity contribution is 6.04. The zero-order chi connectivity index (χ0) is 17.8. The second-order valence-electron chi connectivity index (χ2n) is 5.66. The number of aryl methyl sites for hydroxylation is 1. The number of ether oxygens (including phenoxy) is 1. The Morgan fingerprint density at radius 2 is 1.80 bits per heavy atom. The van der Waals surface area contributed by atoms with Gasteiger partial charge in [-0.25, -0.2) is 4.68 Å². The van der Waals surface area contributed by atoms with Gasteiger partial charge in [0.25, 0.3) is 11.5 Å². The van der Waals surface area contributed by atoms with Crippen LogP contribution in [0.25, 0.3) is 10.8 Å². The highest BCUT2D eigenvalue weighted by Gasteiger charge is 2.15. The molecular weight excluding hydrogens is 318 g/mol. The summed E-state index contributed by atoms with van der Waals surface area (Å²) in [6, 6.07) is 14.6. The van der Waals surface area contributed by atoms with E-state index in [0.29, 0.717) is 10.8 Å². The molecule has 0 saturated carbocycles. The van der Waals surface area contributed by atoms with Crippen LogP contribution in [0.3, 0.4) is 0 Å². The van der Waals surface area contributed by atoms with Crippen LogP contribution in [0.4, 0.5) is 0 Å². The fourth-order valence-corrected chi connectivity index (χ4v) is 2.56. The van der Waals surface area contributed by atoms with Gasteiger partial charge in [-0.2, -0.15) is 5.10 Å². The lowest BCUT2D eigenvalue weighted by Gasteiger charge is -2.11. The molecule has 2 aromatic carbocycles. The van der Waals surface area contributed by atoms with E-state index in [0.717, 1.165) is 11.3 Å². The molecule has 6 heteroatoms. The van der Waals surface area contributed by atoms with Crippen molar-refractivity contribution in [2.24, 2.45) is 0 Å². The Bertz CT molecular complexity index is 962. The molecule has 3 rings (SSSR count). The predicted molar refractivity (Wildman–Crippen MR) is 96.1 cm³/mol. The molecule has 3 aromatic rings. The van der Waals surface area contributed by atoms with Gasteiger partial charge in [-0.15, -0.1) is 0 Å². The lowest BCUT2D eigenvalue weighted by molar-refractivity contribution is 0.0957. The smallest absolute Gasteiger partial charge is 0.274 e. The number of hydrogen-bond donors (Lipinski definition) is 1. The van der Waals surface area contributed by atoms with Gasteiger partial charge < -0.3 is 10.1 Å². The van der Waals surface area contributed by atoms with Crippen LogP contribution in [0.1, 0.15) is 16.1 Å². The third-order valence-electron chi connectivity index (χ3n) is 3.90. The van der Waals surface area contributed by atoms with Gasteiger partial charge in [-0.1, -0.05) is 35.9 Å². The lowest BCUT2D eigenvalue weighted by Crippen LogP contribution is -2.30. The molecule has 0 atom stereocenters. The zero-order valence-corrected chi connectivity index (χ0v) is 14.2. The number of carbonyl (C=O) groups is 1. The van der Waals surface area contributed by atoms with Crippen molar-refractivity contribution >= 4 is 16.7 Å². The van der Waals surface area contributed by atoms with Crippen LogP contribution in [0, 0.1) is 6.92 Å². The molecule has 128 valence electrons. The number of fused-ring (bicyclic) bond motifs is 1. The first-order chi connectivity index (χ1) is 12.1. The number of carbonyl (C=O) groups excluding carboxylic acids is 1. The first-order valence-corrected chi connectivity index (χ1v) is 8.01. The van der Waals surface area contributed by atoms with Gasteiger partial charge in [-0.05, 0) is 25.1 Å². The van der Waals surface area contributed by atoms with E-state index in [9.17, 15) is 9.59 Å². The Labute approximate surface area is 145 Å². The molecular formula is C19H19N3O3. The molecule has 1 N–H and O–H groups in total. The molecule has 1 heterocycles. The van der Waals surface area contributed by atoms with E-state index in [1.54, 1.807) is 24.3 Å². The Kier molecular flexibility index (Phi) is 4.79. The average molecular weight is 337 g/mol. The van der Waals surface area contributed by atoms with Gasteiger partial charge in [0.15, 0.2) is 5.69 Å². The average Bonchev–Trinajstić information content (AvgIpc) is 2.64. The van der Waals surface area contributed by atoms with E-state index >= 15 is 0 Å². The molecule has 25 heavy (non-hydrogen) atoms. The van der Waals surface area contributed by atoms with E-state index in [1.807, 2.05) is 31.2 Å². The maximum atomic E-state index is 12.6. The Morgan fingerprint density at radius 3 is 2.48 bits per heavy atom. The van der Waals surface area contributed by atoms with Crippen LogP contribution >= 0.6 is 0 Å². The molecule has 6 nitrogen and oxygen atoms in total. The third kappa shape index (κ3) is 3.52. The summed E-state index contributed by atoms with van der Waals surface area (Å²) >= 11 is 0. The van der Waals surface area contributed by atoms with Crippen LogP contribution in [-0.2, 0) is 6.54 Å². The number of amides is 1. The summed E-state index contributed by atoms with van der Waals surface area (Å²) in [6.45, 7) is 2.53. The SMILES string of the molecule is CNC(=O)c1nn(CCOc2ccc(C)cc2)c(=O)c2ccccc12. The van der Waals surface area contributed by atoms with Gasteiger partial charge in [0.05, 0.1) is 11.9 Å².